The van der Waals surface area contributed by atoms with E-state index in [0.29, 0.717) is 28.3 Å². The van der Waals surface area contributed by atoms with Gasteiger partial charge in [0.15, 0.2) is 11.6 Å². The molecule has 7 heteroatoms. The molecule has 0 saturated carbocycles. The molecule has 0 atom stereocenters. The quantitative estimate of drug-likeness (QED) is 0.160. The predicted octanol–water partition coefficient (Wildman–Crippen LogP) is 9.64. The van der Waals surface area contributed by atoms with Crippen molar-refractivity contribution < 1.29 is 0 Å². The number of rotatable bonds is 7. The van der Waals surface area contributed by atoms with Gasteiger partial charge in [0.2, 0.25) is 5.95 Å². The first kappa shape index (κ1) is 30.0. The molecular formula is C44H30N6O. The molecule has 0 fully saturated rings. The zero-order valence-corrected chi connectivity index (χ0v) is 27.5. The van der Waals surface area contributed by atoms with Crippen LogP contribution in [-0.2, 0) is 0 Å². The maximum atomic E-state index is 15.6. The minimum absolute atomic E-state index is 0.198. The van der Waals surface area contributed by atoms with E-state index in [9.17, 15) is 0 Å². The third kappa shape index (κ3) is 4.67. The van der Waals surface area contributed by atoms with Gasteiger partial charge in [0, 0.05) is 33.3 Å². The van der Waals surface area contributed by atoms with E-state index in [2.05, 4.69) is 64.8 Å². The summed E-state index contributed by atoms with van der Waals surface area (Å²) in [5.74, 6) is 1.01. The number of pyridine rings is 1. The highest BCUT2D eigenvalue weighted by atomic mass is 16.1. The monoisotopic (exact) mass is 658 g/mol. The smallest absolute Gasteiger partial charge is 0.269 e. The number of para-hydroxylation sites is 4. The van der Waals surface area contributed by atoms with Crippen LogP contribution >= 0.6 is 0 Å². The molecule has 51 heavy (non-hydrogen) atoms. The third-order valence-electron chi connectivity index (χ3n) is 9.25. The molecule has 0 radical (unpaired) electrons. The first-order valence-electron chi connectivity index (χ1n) is 16.7. The number of aromatic nitrogens is 6. The summed E-state index contributed by atoms with van der Waals surface area (Å²) in [6, 6.07) is 46.4. The van der Waals surface area contributed by atoms with Crippen LogP contribution in [0.2, 0.25) is 0 Å². The molecule has 5 aromatic carbocycles. The van der Waals surface area contributed by atoms with Gasteiger partial charge >= 0.3 is 0 Å². The standard InChI is InChI=1S/C44H30N6O/c1-3-18-29(4-2)40-45-41(30-19-8-5-9-20-30)47-44(46-40)50-42-37(33-25-14-17-28-36(33)49(42)32-23-12-7-13-24-32)39-38(43(50)51)34-26-15-16-27-35(34)48(39)31-21-10-6-11-22-31/h3-28H,1-2H2/b29-18+. The van der Waals surface area contributed by atoms with Gasteiger partial charge in [-0.2, -0.15) is 9.97 Å². The zero-order chi connectivity index (χ0) is 34.5. The van der Waals surface area contributed by atoms with Crippen molar-refractivity contribution in [3.8, 4) is 28.7 Å². The Hall–Kier alpha value is -7.12. The van der Waals surface area contributed by atoms with Crippen molar-refractivity contribution in [3.63, 3.8) is 0 Å². The average molecular weight is 659 g/mol. The first-order chi connectivity index (χ1) is 25.2. The van der Waals surface area contributed by atoms with Crippen LogP contribution in [0.15, 0.2) is 176 Å². The molecule has 4 heterocycles. The molecule has 0 aliphatic carbocycles. The highest BCUT2D eigenvalue weighted by Gasteiger charge is 2.28. The van der Waals surface area contributed by atoms with Crippen molar-refractivity contribution >= 4 is 49.3 Å². The number of hydrogen-bond acceptors (Lipinski definition) is 4. The van der Waals surface area contributed by atoms with Crippen LogP contribution in [0.3, 0.4) is 0 Å². The van der Waals surface area contributed by atoms with Gasteiger partial charge in [-0.1, -0.05) is 135 Å². The van der Waals surface area contributed by atoms with E-state index in [4.69, 9.17) is 15.0 Å². The molecule has 0 unspecified atom stereocenters. The van der Waals surface area contributed by atoms with Crippen molar-refractivity contribution in [1.29, 1.82) is 0 Å². The van der Waals surface area contributed by atoms with Gasteiger partial charge in [0.1, 0.15) is 5.65 Å². The van der Waals surface area contributed by atoms with Crippen LogP contribution in [0.25, 0.3) is 78.0 Å². The van der Waals surface area contributed by atoms with Crippen molar-refractivity contribution in [2.75, 3.05) is 0 Å². The topological polar surface area (TPSA) is 70.5 Å². The van der Waals surface area contributed by atoms with E-state index >= 15 is 4.79 Å². The molecule has 0 spiro atoms. The molecule has 7 nitrogen and oxygen atoms in total. The van der Waals surface area contributed by atoms with Crippen molar-refractivity contribution in [2.45, 2.75) is 0 Å². The Labute approximate surface area is 293 Å². The van der Waals surface area contributed by atoms with Crippen LogP contribution in [0.5, 0.6) is 0 Å². The molecule has 0 N–H and O–H groups in total. The fourth-order valence-electron chi connectivity index (χ4n) is 7.11. The summed E-state index contributed by atoms with van der Waals surface area (Å²) in [5.41, 5.74) is 6.39. The number of nitrogens with zero attached hydrogens (tertiary/aromatic N) is 6. The van der Waals surface area contributed by atoms with Gasteiger partial charge in [-0.25, -0.2) is 9.55 Å². The Balaban J connectivity index is 1.57. The Morgan fingerprint density at radius 3 is 1.75 bits per heavy atom. The zero-order valence-electron chi connectivity index (χ0n) is 27.5. The Morgan fingerprint density at radius 2 is 1.12 bits per heavy atom. The van der Waals surface area contributed by atoms with Crippen LogP contribution in [0, 0.1) is 0 Å². The second kappa shape index (κ2) is 12.1. The average Bonchev–Trinajstić information content (AvgIpc) is 3.71. The van der Waals surface area contributed by atoms with Crippen LogP contribution in [0.4, 0.5) is 0 Å². The van der Waals surface area contributed by atoms with Crippen molar-refractivity contribution in [1.82, 2.24) is 28.7 Å². The Kier molecular flexibility index (Phi) is 7.10. The molecule has 242 valence electrons. The lowest BCUT2D eigenvalue weighted by molar-refractivity contribution is 0.873. The molecule has 0 saturated heterocycles. The summed E-state index contributed by atoms with van der Waals surface area (Å²) in [6.07, 6.45) is 5.16. The first-order valence-corrected chi connectivity index (χ1v) is 16.7. The van der Waals surface area contributed by atoms with E-state index in [1.807, 2.05) is 97.1 Å². The van der Waals surface area contributed by atoms with Crippen LogP contribution in [-0.4, -0.2) is 28.7 Å². The SMILES string of the molecule is C=C/C=C(\C=C)c1nc(-c2ccccc2)nc(-n2c(=O)c3c4ccccc4n(-c4ccccc4)c3c3c4ccccc4n(-c4ccccc4)c32)n1. The van der Waals surface area contributed by atoms with Gasteiger partial charge < -0.3 is 4.57 Å². The molecule has 0 bridgehead atoms. The van der Waals surface area contributed by atoms with Crippen LogP contribution < -0.4 is 5.56 Å². The number of fused-ring (bicyclic) bond motifs is 7. The fourth-order valence-corrected chi connectivity index (χ4v) is 7.11. The maximum Gasteiger partial charge on any atom is 0.269 e. The molecule has 9 rings (SSSR count). The fraction of sp³-hybridized carbons (Fsp3) is 0. The number of hydrogen-bond donors (Lipinski definition) is 0. The maximum absolute atomic E-state index is 15.6. The van der Waals surface area contributed by atoms with E-state index in [1.165, 1.54) is 0 Å². The summed E-state index contributed by atoms with van der Waals surface area (Å²) in [4.78, 5) is 30.5. The highest BCUT2D eigenvalue weighted by Crippen LogP contribution is 2.41. The molecule has 9 aromatic rings. The van der Waals surface area contributed by atoms with Gasteiger partial charge in [-0.3, -0.25) is 9.36 Å². The minimum atomic E-state index is -0.243. The summed E-state index contributed by atoms with van der Waals surface area (Å²) in [6.45, 7) is 7.92. The van der Waals surface area contributed by atoms with Crippen molar-refractivity contribution in [2.24, 2.45) is 0 Å². The van der Waals surface area contributed by atoms with Crippen molar-refractivity contribution in [3.05, 3.63) is 187 Å². The van der Waals surface area contributed by atoms with E-state index in [-0.39, 0.29) is 11.5 Å². The van der Waals surface area contributed by atoms with Gasteiger partial charge in [0.05, 0.1) is 27.3 Å². The highest BCUT2D eigenvalue weighted by molar-refractivity contribution is 6.25. The second-order valence-corrected chi connectivity index (χ2v) is 12.1. The van der Waals surface area contributed by atoms with Crippen LogP contribution in [0.1, 0.15) is 5.82 Å². The molecule has 0 aliphatic heterocycles. The van der Waals surface area contributed by atoms with Gasteiger partial charge in [-0.15, -0.1) is 0 Å². The summed E-state index contributed by atoms with van der Waals surface area (Å²) in [7, 11) is 0. The summed E-state index contributed by atoms with van der Waals surface area (Å²) in [5, 5.41) is 3.31. The summed E-state index contributed by atoms with van der Waals surface area (Å²) < 4.78 is 6.01. The van der Waals surface area contributed by atoms with Gasteiger partial charge in [-0.05, 0) is 36.4 Å². The van der Waals surface area contributed by atoms with Gasteiger partial charge in [0.25, 0.3) is 5.56 Å². The lowest BCUT2D eigenvalue weighted by Crippen LogP contribution is -2.24. The minimum Gasteiger partial charge on any atom is -0.308 e. The predicted molar refractivity (Wildman–Crippen MR) is 208 cm³/mol. The lowest BCUT2D eigenvalue weighted by Gasteiger charge is -2.15. The third-order valence-corrected chi connectivity index (χ3v) is 9.25. The molecular weight excluding hydrogens is 629 g/mol. The molecule has 4 aromatic heterocycles. The largest absolute Gasteiger partial charge is 0.308 e. The summed E-state index contributed by atoms with van der Waals surface area (Å²) >= 11 is 0. The molecule has 0 amide bonds. The van der Waals surface area contributed by atoms with E-state index < -0.39 is 0 Å². The number of allylic oxidation sites excluding steroid dienone is 4. The second-order valence-electron chi connectivity index (χ2n) is 12.1. The Morgan fingerprint density at radius 1 is 0.569 bits per heavy atom. The normalized spacial score (nSPS) is 11.9. The number of benzene rings is 5. The lowest BCUT2D eigenvalue weighted by atomic mass is 10.1. The van der Waals surface area contributed by atoms with E-state index in [1.54, 1.807) is 22.8 Å². The Bertz CT molecular complexity index is 2900. The van der Waals surface area contributed by atoms with E-state index in [0.717, 1.165) is 49.6 Å². The molecule has 0 aliphatic rings.